The van der Waals surface area contributed by atoms with Gasteiger partial charge in [-0.3, -0.25) is 9.36 Å². The third kappa shape index (κ3) is 1.95. The summed E-state index contributed by atoms with van der Waals surface area (Å²) < 4.78 is 1.23. The van der Waals surface area contributed by atoms with Crippen LogP contribution in [0.4, 0.5) is 5.69 Å². The molecule has 0 saturated carbocycles. The molecular formula is C14H17N3O2. The van der Waals surface area contributed by atoms with Crippen LogP contribution >= 0.6 is 0 Å². The molecule has 0 bridgehead atoms. The fourth-order valence-corrected chi connectivity index (χ4v) is 2.70. The van der Waals surface area contributed by atoms with Crippen molar-refractivity contribution in [2.75, 3.05) is 18.0 Å². The molecule has 1 aromatic heterocycles. The predicted molar refractivity (Wildman–Crippen MR) is 75.9 cm³/mol. The van der Waals surface area contributed by atoms with Gasteiger partial charge in [-0.15, -0.1) is 0 Å². The lowest BCUT2D eigenvalue weighted by Gasteiger charge is -2.17. The molecule has 0 amide bonds. The molecule has 3 rings (SSSR count). The van der Waals surface area contributed by atoms with Gasteiger partial charge in [0, 0.05) is 25.3 Å². The smallest absolute Gasteiger partial charge is 0.328 e. The first-order chi connectivity index (χ1) is 9.20. The normalized spacial score (nSPS) is 15.3. The van der Waals surface area contributed by atoms with Crippen LogP contribution in [0, 0.1) is 0 Å². The van der Waals surface area contributed by atoms with E-state index >= 15 is 0 Å². The van der Waals surface area contributed by atoms with E-state index in [2.05, 4.69) is 9.88 Å². The summed E-state index contributed by atoms with van der Waals surface area (Å²) in [6.07, 6.45) is 2.39. The number of anilines is 1. The number of fused-ring (bicyclic) bond motifs is 1. The molecule has 2 heterocycles. The standard InChI is InChI=1S/C14H17N3O2/c1-2-17-13(18)11-9-10(16-7-3-4-8-16)5-6-12(11)15-14(17)19/h5-6,9H,2-4,7-8H2,1H3,(H,15,19). The lowest BCUT2D eigenvalue weighted by molar-refractivity contribution is 0.684. The van der Waals surface area contributed by atoms with Crippen LogP contribution in [0.5, 0.6) is 0 Å². The average Bonchev–Trinajstić information content (AvgIpc) is 2.93. The van der Waals surface area contributed by atoms with Gasteiger partial charge in [-0.2, -0.15) is 0 Å². The summed E-state index contributed by atoms with van der Waals surface area (Å²) in [7, 11) is 0. The molecule has 1 N–H and O–H groups in total. The molecule has 1 aromatic carbocycles. The average molecular weight is 259 g/mol. The minimum atomic E-state index is -0.339. The van der Waals surface area contributed by atoms with Gasteiger partial charge in [-0.05, 0) is 38.0 Å². The van der Waals surface area contributed by atoms with Crippen LogP contribution in [0.3, 0.4) is 0 Å². The van der Waals surface area contributed by atoms with Crippen LogP contribution in [0.15, 0.2) is 27.8 Å². The van der Waals surface area contributed by atoms with E-state index in [1.54, 1.807) is 6.92 Å². The number of rotatable bonds is 2. The molecule has 0 spiro atoms. The summed E-state index contributed by atoms with van der Waals surface area (Å²) in [5.74, 6) is 0. The number of benzene rings is 1. The Hall–Kier alpha value is -2.04. The van der Waals surface area contributed by atoms with Crippen molar-refractivity contribution in [1.82, 2.24) is 9.55 Å². The van der Waals surface area contributed by atoms with Crippen LogP contribution in [0.2, 0.25) is 0 Å². The van der Waals surface area contributed by atoms with Crippen molar-refractivity contribution in [2.24, 2.45) is 0 Å². The Labute approximate surface area is 110 Å². The number of aromatic amines is 1. The van der Waals surface area contributed by atoms with Gasteiger partial charge in [0.15, 0.2) is 0 Å². The van der Waals surface area contributed by atoms with Crippen LogP contribution in [-0.2, 0) is 6.54 Å². The van der Waals surface area contributed by atoms with Gasteiger partial charge in [0.25, 0.3) is 5.56 Å². The molecule has 2 aromatic rings. The summed E-state index contributed by atoms with van der Waals surface area (Å²) >= 11 is 0. The van der Waals surface area contributed by atoms with Crippen molar-refractivity contribution in [2.45, 2.75) is 26.3 Å². The molecule has 5 nitrogen and oxygen atoms in total. The van der Waals surface area contributed by atoms with Gasteiger partial charge in [0.2, 0.25) is 0 Å². The molecular weight excluding hydrogens is 242 g/mol. The second kappa shape index (κ2) is 4.57. The SMILES string of the molecule is CCn1c(=O)[nH]c2ccc(N3CCCC3)cc2c1=O. The Bertz CT molecular complexity index is 724. The van der Waals surface area contributed by atoms with Crippen LogP contribution in [0.25, 0.3) is 10.9 Å². The fraction of sp³-hybridized carbons (Fsp3) is 0.429. The van der Waals surface area contributed by atoms with E-state index < -0.39 is 0 Å². The van der Waals surface area contributed by atoms with E-state index in [1.807, 2.05) is 18.2 Å². The monoisotopic (exact) mass is 259 g/mol. The van der Waals surface area contributed by atoms with Gasteiger partial charge < -0.3 is 9.88 Å². The second-order valence-electron chi connectivity index (χ2n) is 4.90. The van der Waals surface area contributed by atoms with Crippen molar-refractivity contribution in [3.63, 3.8) is 0 Å². The highest BCUT2D eigenvalue weighted by Crippen LogP contribution is 2.22. The zero-order valence-corrected chi connectivity index (χ0v) is 11.0. The number of H-pyrrole nitrogens is 1. The largest absolute Gasteiger partial charge is 0.372 e. The molecule has 1 aliphatic rings. The highest BCUT2D eigenvalue weighted by atomic mass is 16.2. The summed E-state index contributed by atoms with van der Waals surface area (Å²) in [5, 5.41) is 0.589. The maximum Gasteiger partial charge on any atom is 0.328 e. The highest BCUT2D eigenvalue weighted by Gasteiger charge is 2.14. The van der Waals surface area contributed by atoms with Gasteiger partial charge in [0.1, 0.15) is 0 Å². The van der Waals surface area contributed by atoms with Gasteiger partial charge >= 0.3 is 5.69 Å². The third-order valence-corrected chi connectivity index (χ3v) is 3.75. The molecule has 0 aliphatic carbocycles. The van der Waals surface area contributed by atoms with Crippen LogP contribution in [-0.4, -0.2) is 22.6 Å². The van der Waals surface area contributed by atoms with Crippen LogP contribution < -0.4 is 16.1 Å². The molecule has 0 unspecified atom stereocenters. The molecule has 100 valence electrons. The number of aromatic nitrogens is 2. The maximum atomic E-state index is 12.3. The van der Waals surface area contributed by atoms with Gasteiger partial charge in [-0.1, -0.05) is 0 Å². The van der Waals surface area contributed by atoms with Gasteiger partial charge in [0.05, 0.1) is 10.9 Å². The fourth-order valence-electron chi connectivity index (χ4n) is 2.70. The number of nitrogens with zero attached hydrogens (tertiary/aromatic N) is 2. The summed E-state index contributed by atoms with van der Waals surface area (Å²) in [5.41, 5.74) is 1.13. The Morgan fingerprint density at radius 1 is 1.21 bits per heavy atom. The first-order valence-electron chi connectivity index (χ1n) is 6.72. The first-order valence-corrected chi connectivity index (χ1v) is 6.72. The van der Waals surface area contributed by atoms with Crippen molar-refractivity contribution in [1.29, 1.82) is 0 Å². The van der Waals surface area contributed by atoms with Gasteiger partial charge in [-0.25, -0.2) is 4.79 Å². The Kier molecular flexibility index (Phi) is 2.89. The van der Waals surface area contributed by atoms with E-state index in [0.29, 0.717) is 17.4 Å². The molecule has 1 saturated heterocycles. The second-order valence-corrected chi connectivity index (χ2v) is 4.90. The molecule has 0 atom stereocenters. The lowest BCUT2D eigenvalue weighted by Crippen LogP contribution is -2.34. The lowest BCUT2D eigenvalue weighted by atomic mass is 10.2. The minimum absolute atomic E-state index is 0.206. The first kappa shape index (κ1) is 12.0. The maximum absolute atomic E-state index is 12.3. The quantitative estimate of drug-likeness (QED) is 0.884. The molecule has 5 heteroatoms. The minimum Gasteiger partial charge on any atom is -0.372 e. The van der Waals surface area contributed by atoms with E-state index in [1.165, 1.54) is 17.4 Å². The van der Waals surface area contributed by atoms with E-state index in [9.17, 15) is 9.59 Å². The van der Waals surface area contributed by atoms with Crippen LogP contribution in [0.1, 0.15) is 19.8 Å². The Morgan fingerprint density at radius 2 is 1.95 bits per heavy atom. The Balaban J connectivity index is 2.21. The zero-order valence-electron chi connectivity index (χ0n) is 11.0. The summed E-state index contributed by atoms with van der Waals surface area (Å²) in [6.45, 7) is 4.26. The Morgan fingerprint density at radius 3 is 2.63 bits per heavy atom. The molecule has 19 heavy (non-hydrogen) atoms. The van der Waals surface area contributed by atoms with E-state index in [0.717, 1.165) is 18.8 Å². The summed E-state index contributed by atoms with van der Waals surface area (Å²) in [6, 6.07) is 5.69. The zero-order chi connectivity index (χ0) is 13.4. The summed E-state index contributed by atoms with van der Waals surface area (Å²) in [4.78, 5) is 29.0. The number of hydrogen-bond acceptors (Lipinski definition) is 3. The molecule has 1 fully saturated rings. The molecule has 1 aliphatic heterocycles. The van der Waals surface area contributed by atoms with Crippen molar-refractivity contribution < 1.29 is 0 Å². The van der Waals surface area contributed by atoms with Crippen molar-refractivity contribution in [3.05, 3.63) is 39.0 Å². The number of hydrogen-bond donors (Lipinski definition) is 1. The molecule has 0 radical (unpaired) electrons. The highest BCUT2D eigenvalue weighted by molar-refractivity contribution is 5.81. The van der Waals surface area contributed by atoms with E-state index in [-0.39, 0.29) is 11.2 Å². The number of nitrogens with one attached hydrogen (secondary N) is 1. The van der Waals surface area contributed by atoms with Crippen molar-refractivity contribution >= 4 is 16.6 Å². The topological polar surface area (TPSA) is 58.1 Å². The third-order valence-electron chi connectivity index (χ3n) is 3.75. The van der Waals surface area contributed by atoms with E-state index in [4.69, 9.17) is 0 Å². The predicted octanol–water partition coefficient (Wildman–Crippen LogP) is 1.31. The van der Waals surface area contributed by atoms with Crippen molar-refractivity contribution in [3.8, 4) is 0 Å².